The number of rotatable bonds is 3. The lowest BCUT2D eigenvalue weighted by Gasteiger charge is -2.50. The molecule has 0 amide bonds. The highest BCUT2D eigenvalue weighted by Gasteiger charge is 2.37. The summed E-state index contributed by atoms with van der Waals surface area (Å²) >= 11 is 0. The number of nitrogens with zero attached hydrogens (tertiary/aromatic N) is 1. The van der Waals surface area contributed by atoms with Gasteiger partial charge in [0.15, 0.2) is 0 Å². The molecule has 2 aliphatic rings. The topological polar surface area (TPSA) is 29.3 Å². The second-order valence-corrected chi connectivity index (χ2v) is 5.81. The Balaban J connectivity index is 1.83. The van der Waals surface area contributed by atoms with Gasteiger partial charge in [-0.15, -0.1) is 0 Å². The van der Waals surface area contributed by atoms with E-state index < -0.39 is 0 Å². The molecule has 1 aliphatic heterocycles. The van der Waals surface area contributed by atoms with Crippen molar-refractivity contribution >= 4 is 0 Å². The van der Waals surface area contributed by atoms with Gasteiger partial charge in [-0.3, -0.25) is 4.90 Å². The molecule has 0 aromatic rings. The van der Waals surface area contributed by atoms with Gasteiger partial charge in [-0.25, -0.2) is 0 Å². The molecule has 1 saturated heterocycles. The average Bonchev–Trinajstić information content (AvgIpc) is 2.15. The fourth-order valence-corrected chi connectivity index (χ4v) is 3.19. The van der Waals surface area contributed by atoms with Crippen molar-refractivity contribution in [2.75, 3.05) is 19.6 Å². The molecule has 2 rings (SSSR count). The summed E-state index contributed by atoms with van der Waals surface area (Å²) in [5, 5.41) is 0. The van der Waals surface area contributed by atoms with Gasteiger partial charge in [-0.1, -0.05) is 26.7 Å². The smallest absolute Gasteiger partial charge is 0.0136 e. The number of hydrogen-bond acceptors (Lipinski definition) is 2. The largest absolute Gasteiger partial charge is 0.330 e. The average molecular weight is 210 g/mol. The Morgan fingerprint density at radius 3 is 2.47 bits per heavy atom. The molecule has 1 heterocycles. The summed E-state index contributed by atoms with van der Waals surface area (Å²) in [6.07, 6.45) is 5.58. The van der Waals surface area contributed by atoms with Crippen LogP contribution in [0.25, 0.3) is 0 Å². The second-order valence-electron chi connectivity index (χ2n) is 5.81. The first-order valence-electron chi connectivity index (χ1n) is 6.66. The van der Waals surface area contributed by atoms with Crippen LogP contribution in [0.3, 0.4) is 0 Å². The molecule has 88 valence electrons. The Kier molecular flexibility index (Phi) is 3.68. The predicted octanol–water partition coefficient (Wildman–Crippen LogP) is 2.09. The van der Waals surface area contributed by atoms with Gasteiger partial charge in [0.1, 0.15) is 0 Å². The van der Waals surface area contributed by atoms with E-state index in [0.717, 1.165) is 30.3 Å². The number of hydrogen-bond donors (Lipinski definition) is 1. The molecule has 2 atom stereocenters. The quantitative estimate of drug-likeness (QED) is 0.773. The Labute approximate surface area is 94.2 Å². The summed E-state index contributed by atoms with van der Waals surface area (Å²) in [7, 11) is 0. The molecule has 2 fully saturated rings. The molecule has 0 spiro atoms. The van der Waals surface area contributed by atoms with E-state index >= 15 is 0 Å². The molecule has 0 bridgehead atoms. The Morgan fingerprint density at radius 2 is 1.87 bits per heavy atom. The van der Waals surface area contributed by atoms with E-state index in [9.17, 15) is 0 Å². The van der Waals surface area contributed by atoms with E-state index in [1.165, 1.54) is 38.8 Å². The van der Waals surface area contributed by atoms with E-state index in [4.69, 9.17) is 5.73 Å². The van der Waals surface area contributed by atoms with Crippen molar-refractivity contribution in [1.82, 2.24) is 4.90 Å². The van der Waals surface area contributed by atoms with E-state index in [1.54, 1.807) is 0 Å². The third kappa shape index (κ3) is 2.36. The molecule has 0 radical (unpaired) electrons. The molecular weight excluding hydrogens is 184 g/mol. The van der Waals surface area contributed by atoms with Crippen molar-refractivity contribution in [2.45, 2.75) is 45.6 Å². The summed E-state index contributed by atoms with van der Waals surface area (Å²) in [6.45, 7) is 8.26. The zero-order chi connectivity index (χ0) is 10.8. The van der Waals surface area contributed by atoms with Crippen molar-refractivity contribution < 1.29 is 0 Å². The molecular formula is C13H26N2. The Bertz CT molecular complexity index is 197. The highest BCUT2D eigenvalue weighted by atomic mass is 15.2. The monoisotopic (exact) mass is 210 g/mol. The maximum absolute atomic E-state index is 5.88. The van der Waals surface area contributed by atoms with Crippen molar-refractivity contribution in [3.8, 4) is 0 Å². The van der Waals surface area contributed by atoms with Crippen LogP contribution in [0.1, 0.15) is 39.5 Å². The van der Waals surface area contributed by atoms with E-state index in [1.807, 2.05) is 0 Å². The van der Waals surface area contributed by atoms with Crippen LogP contribution >= 0.6 is 0 Å². The van der Waals surface area contributed by atoms with Gasteiger partial charge >= 0.3 is 0 Å². The minimum absolute atomic E-state index is 0.784. The third-order valence-corrected chi connectivity index (χ3v) is 4.52. The molecule has 1 aliphatic carbocycles. The van der Waals surface area contributed by atoms with Gasteiger partial charge in [0.05, 0.1) is 0 Å². The first-order chi connectivity index (χ1) is 7.22. The first kappa shape index (κ1) is 11.4. The molecule has 2 heteroatoms. The standard InChI is InChI=1S/C13H26N2/c1-10(2)12-8-15(9-12)13-6-4-3-5-11(13)7-14/h10-13H,3-9,14H2,1-2H3. The van der Waals surface area contributed by atoms with Crippen LogP contribution in [0.5, 0.6) is 0 Å². The number of nitrogens with two attached hydrogens (primary N) is 1. The highest BCUT2D eigenvalue weighted by molar-refractivity contribution is 4.91. The van der Waals surface area contributed by atoms with Gasteiger partial charge in [0, 0.05) is 19.1 Å². The van der Waals surface area contributed by atoms with E-state index in [2.05, 4.69) is 18.7 Å². The van der Waals surface area contributed by atoms with Crippen LogP contribution in [-0.4, -0.2) is 30.6 Å². The molecule has 1 saturated carbocycles. The van der Waals surface area contributed by atoms with Crippen molar-refractivity contribution in [2.24, 2.45) is 23.5 Å². The van der Waals surface area contributed by atoms with Crippen molar-refractivity contribution in [3.05, 3.63) is 0 Å². The van der Waals surface area contributed by atoms with Gasteiger partial charge in [-0.2, -0.15) is 0 Å². The van der Waals surface area contributed by atoms with Crippen LogP contribution < -0.4 is 5.73 Å². The lowest BCUT2D eigenvalue weighted by Crippen LogP contribution is -2.57. The van der Waals surface area contributed by atoms with Gasteiger partial charge in [-0.05, 0) is 37.1 Å². The summed E-state index contributed by atoms with van der Waals surface area (Å²) in [5.74, 6) is 2.60. The molecule has 0 aromatic heterocycles. The lowest BCUT2D eigenvalue weighted by atomic mass is 9.79. The zero-order valence-corrected chi connectivity index (χ0v) is 10.3. The fourth-order valence-electron chi connectivity index (χ4n) is 3.19. The minimum atomic E-state index is 0.784. The highest BCUT2D eigenvalue weighted by Crippen LogP contribution is 2.34. The minimum Gasteiger partial charge on any atom is -0.330 e. The first-order valence-corrected chi connectivity index (χ1v) is 6.66. The summed E-state index contributed by atoms with van der Waals surface area (Å²) < 4.78 is 0. The lowest BCUT2D eigenvalue weighted by molar-refractivity contribution is -0.00895. The van der Waals surface area contributed by atoms with Crippen LogP contribution in [0.15, 0.2) is 0 Å². The van der Waals surface area contributed by atoms with Crippen LogP contribution in [0.4, 0.5) is 0 Å². The summed E-state index contributed by atoms with van der Waals surface area (Å²) in [6, 6.07) is 0.818. The van der Waals surface area contributed by atoms with Crippen molar-refractivity contribution in [1.29, 1.82) is 0 Å². The Morgan fingerprint density at radius 1 is 1.20 bits per heavy atom. The van der Waals surface area contributed by atoms with Crippen LogP contribution in [0.2, 0.25) is 0 Å². The van der Waals surface area contributed by atoms with Crippen LogP contribution in [-0.2, 0) is 0 Å². The van der Waals surface area contributed by atoms with E-state index in [0.29, 0.717) is 0 Å². The molecule has 2 N–H and O–H groups in total. The van der Waals surface area contributed by atoms with Gasteiger partial charge in [0.25, 0.3) is 0 Å². The molecule has 2 nitrogen and oxygen atoms in total. The summed E-state index contributed by atoms with van der Waals surface area (Å²) in [5.41, 5.74) is 5.88. The van der Waals surface area contributed by atoms with Crippen LogP contribution in [0, 0.1) is 17.8 Å². The SMILES string of the molecule is CC(C)C1CN(C2CCCCC2CN)C1. The maximum atomic E-state index is 5.88. The normalized spacial score (nSPS) is 34.4. The Hall–Kier alpha value is -0.0800. The summed E-state index contributed by atoms with van der Waals surface area (Å²) in [4.78, 5) is 2.70. The number of likely N-dealkylation sites (tertiary alicyclic amines) is 1. The van der Waals surface area contributed by atoms with Gasteiger partial charge in [0.2, 0.25) is 0 Å². The zero-order valence-electron chi connectivity index (χ0n) is 10.3. The van der Waals surface area contributed by atoms with Gasteiger partial charge < -0.3 is 5.73 Å². The second kappa shape index (κ2) is 4.84. The van der Waals surface area contributed by atoms with Crippen molar-refractivity contribution in [3.63, 3.8) is 0 Å². The molecule has 15 heavy (non-hydrogen) atoms. The predicted molar refractivity (Wildman–Crippen MR) is 64.7 cm³/mol. The maximum Gasteiger partial charge on any atom is 0.0136 e. The van der Waals surface area contributed by atoms with E-state index in [-0.39, 0.29) is 0 Å². The molecule has 2 unspecified atom stereocenters. The third-order valence-electron chi connectivity index (χ3n) is 4.52. The molecule has 0 aromatic carbocycles. The fraction of sp³-hybridized carbons (Fsp3) is 1.00.